The third-order valence-corrected chi connectivity index (χ3v) is 3.68. The van der Waals surface area contributed by atoms with Crippen LogP contribution in [0.25, 0.3) is 0 Å². The molecule has 0 radical (unpaired) electrons. The van der Waals surface area contributed by atoms with E-state index in [1.54, 1.807) is 11.8 Å². The Morgan fingerprint density at radius 1 is 1.26 bits per heavy atom. The standard InChI is InChI=1S/C14H15N3S2/c1-9-7-8-10(13(15)18)14(16-9)17-11-5-3-4-6-12(11)19-2/h3-8H,1-2H3,(H2,15,18)(H,16,17). The van der Waals surface area contributed by atoms with E-state index < -0.39 is 0 Å². The number of hydrogen-bond donors (Lipinski definition) is 2. The second-order valence-corrected chi connectivity index (χ2v) is 5.33. The topological polar surface area (TPSA) is 50.9 Å². The van der Waals surface area contributed by atoms with Gasteiger partial charge in [0.2, 0.25) is 0 Å². The van der Waals surface area contributed by atoms with Crippen LogP contribution in [0.4, 0.5) is 11.5 Å². The molecule has 0 aliphatic heterocycles. The van der Waals surface area contributed by atoms with Gasteiger partial charge in [0.15, 0.2) is 0 Å². The van der Waals surface area contributed by atoms with Crippen LogP contribution >= 0.6 is 24.0 Å². The maximum Gasteiger partial charge on any atom is 0.140 e. The van der Waals surface area contributed by atoms with Gasteiger partial charge in [-0.3, -0.25) is 0 Å². The molecule has 0 fully saturated rings. The zero-order valence-corrected chi connectivity index (χ0v) is 12.4. The molecule has 19 heavy (non-hydrogen) atoms. The molecule has 0 spiro atoms. The highest BCUT2D eigenvalue weighted by atomic mass is 32.2. The van der Waals surface area contributed by atoms with Crippen molar-refractivity contribution in [2.45, 2.75) is 11.8 Å². The summed E-state index contributed by atoms with van der Waals surface area (Å²) in [5, 5.41) is 3.31. The van der Waals surface area contributed by atoms with Crippen molar-refractivity contribution in [1.29, 1.82) is 0 Å². The number of thioether (sulfide) groups is 1. The fourth-order valence-electron chi connectivity index (χ4n) is 1.73. The number of pyridine rings is 1. The van der Waals surface area contributed by atoms with E-state index in [4.69, 9.17) is 18.0 Å². The first-order valence-electron chi connectivity index (χ1n) is 5.79. The highest BCUT2D eigenvalue weighted by Gasteiger charge is 2.09. The van der Waals surface area contributed by atoms with Gasteiger partial charge < -0.3 is 11.1 Å². The lowest BCUT2D eigenvalue weighted by atomic mass is 10.2. The highest BCUT2D eigenvalue weighted by molar-refractivity contribution is 7.98. The van der Waals surface area contributed by atoms with Gasteiger partial charge in [-0.2, -0.15) is 0 Å². The molecule has 0 aliphatic rings. The lowest BCUT2D eigenvalue weighted by Crippen LogP contribution is -2.13. The largest absolute Gasteiger partial charge is 0.389 e. The molecule has 0 saturated carbocycles. The Bertz CT molecular complexity index is 611. The molecule has 0 amide bonds. The number of rotatable bonds is 4. The predicted molar refractivity (Wildman–Crippen MR) is 86.4 cm³/mol. The summed E-state index contributed by atoms with van der Waals surface area (Å²) >= 11 is 6.74. The SMILES string of the molecule is CSc1ccccc1Nc1nc(C)ccc1C(N)=S. The molecular weight excluding hydrogens is 274 g/mol. The van der Waals surface area contributed by atoms with Crippen LogP contribution in [0.5, 0.6) is 0 Å². The first-order valence-corrected chi connectivity index (χ1v) is 7.42. The second-order valence-electron chi connectivity index (χ2n) is 4.04. The molecule has 5 heteroatoms. The number of para-hydroxylation sites is 1. The Balaban J connectivity index is 2.42. The van der Waals surface area contributed by atoms with Crippen molar-refractivity contribution in [2.24, 2.45) is 5.73 Å². The van der Waals surface area contributed by atoms with Gasteiger partial charge in [-0.15, -0.1) is 11.8 Å². The van der Waals surface area contributed by atoms with E-state index >= 15 is 0 Å². The lowest BCUT2D eigenvalue weighted by molar-refractivity contribution is 1.19. The van der Waals surface area contributed by atoms with Gasteiger partial charge in [-0.25, -0.2) is 4.98 Å². The zero-order chi connectivity index (χ0) is 13.8. The van der Waals surface area contributed by atoms with Crippen LogP contribution in [0.15, 0.2) is 41.3 Å². The quantitative estimate of drug-likeness (QED) is 0.666. The number of aromatic nitrogens is 1. The molecular formula is C14H15N3S2. The minimum absolute atomic E-state index is 0.344. The van der Waals surface area contributed by atoms with Crippen molar-refractivity contribution < 1.29 is 0 Å². The van der Waals surface area contributed by atoms with Crippen LogP contribution in [0.1, 0.15) is 11.3 Å². The van der Waals surface area contributed by atoms with Crippen LogP contribution in [-0.2, 0) is 0 Å². The number of benzene rings is 1. The van der Waals surface area contributed by atoms with Crippen molar-refractivity contribution in [3.63, 3.8) is 0 Å². The van der Waals surface area contributed by atoms with E-state index in [9.17, 15) is 0 Å². The molecule has 0 aliphatic carbocycles. The van der Waals surface area contributed by atoms with E-state index in [0.29, 0.717) is 10.8 Å². The number of aryl methyl sites for hydroxylation is 1. The van der Waals surface area contributed by atoms with Gasteiger partial charge in [0.1, 0.15) is 10.8 Å². The van der Waals surface area contributed by atoms with E-state index in [0.717, 1.165) is 21.8 Å². The number of thiocarbonyl (C=S) groups is 1. The summed E-state index contributed by atoms with van der Waals surface area (Å²) in [6.07, 6.45) is 2.04. The Hall–Kier alpha value is -1.59. The van der Waals surface area contributed by atoms with E-state index in [1.807, 2.05) is 43.5 Å². The number of nitrogens with one attached hydrogen (secondary N) is 1. The Morgan fingerprint density at radius 2 is 2.00 bits per heavy atom. The van der Waals surface area contributed by atoms with Crippen LogP contribution in [-0.4, -0.2) is 16.2 Å². The summed E-state index contributed by atoms with van der Waals surface area (Å²) in [4.78, 5) is 5.97. The smallest absolute Gasteiger partial charge is 0.140 e. The molecule has 1 heterocycles. The summed E-state index contributed by atoms with van der Waals surface area (Å²) in [7, 11) is 0. The summed E-state index contributed by atoms with van der Waals surface area (Å²) in [5.41, 5.74) is 8.42. The molecule has 0 bridgehead atoms. The normalized spacial score (nSPS) is 10.2. The minimum atomic E-state index is 0.344. The van der Waals surface area contributed by atoms with E-state index in [1.165, 1.54) is 0 Å². The van der Waals surface area contributed by atoms with Gasteiger partial charge in [-0.1, -0.05) is 24.4 Å². The molecule has 0 saturated heterocycles. The van der Waals surface area contributed by atoms with Crippen molar-refractivity contribution in [3.05, 3.63) is 47.7 Å². The van der Waals surface area contributed by atoms with Gasteiger partial charge in [0, 0.05) is 10.6 Å². The first kappa shape index (κ1) is 13.8. The first-order chi connectivity index (χ1) is 9.11. The monoisotopic (exact) mass is 289 g/mol. The zero-order valence-electron chi connectivity index (χ0n) is 10.8. The summed E-state index contributed by atoms with van der Waals surface area (Å²) in [6.45, 7) is 1.94. The fourth-order valence-corrected chi connectivity index (χ4v) is 2.44. The molecule has 3 nitrogen and oxygen atoms in total. The molecule has 2 rings (SSSR count). The van der Waals surface area contributed by atoms with Gasteiger partial charge >= 0.3 is 0 Å². The second kappa shape index (κ2) is 6.04. The highest BCUT2D eigenvalue weighted by Crippen LogP contribution is 2.28. The number of nitrogens with zero attached hydrogens (tertiary/aromatic N) is 1. The Labute approximate surface area is 122 Å². The fraction of sp³-hybridized carbons (Fsp3) is 0.143. The van der Waals surface area contributed by atoms with Crippen LogP contribution < -0.4 is 11.1 Å². The predicted octanol–water partition coefficient (Wildman–Crippen LogP) is 3.49. The molecule has 2 aromatic rings. The molecule has 0 atom stereocenters. The molecule has 3 N–H and O–H groups in total. The number of anilines is 2. The third-order valence-electron chi connectivity index (χ3n) is 2.66. The molecule has 0 unspecified atom stereocenters. The number of hydrogen-bond acceptors (Lipinski definition) is 4. The van der Waals surface area contributed by atoms with Crippen LogP contribution in [0.2, 0.25) is 0 Å². The van der Waals surface area contributed by atoms with Crippen molar-refractivity contribution >= 4 is 40.5 Å². The average Bonchev–Trinajstić information content (AvgIpc) is 2.39. The Kier molecular flexibility index (Phi) is 4.39. The van der Waals surface area contributed by atoms with Gasteiger partial charge in [0.25, 0.3) is 0 Å². The van der Waals surface area contributed by atoms with Crippen molar-refractivity contribution in [3.8, 4) is 0 Å². The Morgan fingerprint density at radius 3 is 2.68 bits per heavy atom. The third kappa shape index (κ3) is 3.24. The van der Waals surface area contributed by atoms with Gasteiger partial charge in [-0.05, 0) is 37.4 Å². The summed E-state index contributed by atoms with van der Waals surface area (Å²) < 4.78 is 0. The lowest BCUT2D eigenvalue weighted by Gasteiger charge is -2.13. The number of nitrogens with two attached hydrogens (primary N) is 1. The molecule has 98 valence electrons. The van der Waals surface area contributed by atoms with Gasteiger partial charge in [0.05, 0.1) is 11.3 Å². The minimum Gasteiger partial charge on any atom is -0.389 e. The maximum atomic E-state index is 5.74. The van der Waals surface area contributed by atoms with Crippen molar-refractivity contribution in [1.82, 2.24) is 4.98 Å². The van der Waals surface area contributed by atoms with Crippen LogP contribution in [0, 0.1) is 6.92 Å². The molecule has 1 aromatic heterocycles. The van der Waals surface area contributed by atoms with E-state index in [-0.39, 0.29) is 0 Å². The summed E-state index contributed by atoms with van der Waals surface area (Å²) in [5.74, 6) is 0.703. The average molecular weight is 289 g/mol. The summed E-state index contributed by atoms with van der Waals surface area (Å²) in [6, 6.07) is 11.9. The molecule has 1 aromatic carbocycles. The van der Waals surface area contributed by atoms with Crippen molar-refractivity contribution in [2.75, 3.05) is 11.6 Å². The maximum absolute atomic E-state index is 5.74. The van der Waals surface area contributed by atoms with Crippen LogP contribution in [0.3, 0.4) is 0 Å². The van der Waals surface area contributed by atoms with E-state index in [2.05, 4.69) is 16.4 Å².